The van der Waals surface area contributed by atoms with Crippen LogP contribution in [0.1, 0.15) is 66.2 Å². The summed E-state index contributed by atoms with van der Waals surface area (Å²) >= 11 is 0. The average Bonchev–Trinajstić information content (AvgIpc) is 2.15. The number of hydrogen-bond donors (Lipinski definition) is 1. The number of aliphatic hydroxyl groups is 1. The second-order valence-corrected chi connectivity index (χ2v) is 6.77. The van der Waals surface area contributed by atoms with E-state index < -0.39 is 5.60 Å². The Balaban J connectivity index is 2.25. The van der Waals surface area contributed by atoms with Crippen LogP contribution in [0, 0.1) is 11.3 Å². The zero-order valence-corrected chi connectivity index (χ0v) is 11.3. The van der Waals surface area contributed by atoms with Crippen LogP contribution in [0.15, 0.2) is 11.1 Å². The van der Waals surface area contributed by atoms with E-state index in [0.29, 0.717) is 11.3 Å². The molecular weight excluding hydrogens is 196 g/mol. The highest BCUT2D eigenvalue weighted by Gasteiger charge is 2.41. The van der Waals surface area contributed by atoms with Gasteiger partial charge in [-0.3, -0.25) is 0 Å². The molecule has 16 heavy (non-hydrogen) atoms. The summed E-state index contributed by atoms with van der Waals surface area (Å²) in [7, 11) is 0. The van der Waals surface area contributed by atoms with E-state index in [2.05, 4.69) is 13.8 Å². The topological polar surface area (TPSA) is 20.2 Å². The Morgan fingerprint density at radius 3 is 2.62 bits per heavy atom. The van der Waals surface area contributed by atoms with Crippen molar-refractivity contribution in [2.24, 2.45) is 11.3 Å². The molecule has 2 atom stereocenters. The molecule has 1 heteroatoms. The van der Waals surface area contributed by atoms with Crippen LogP contribution in [0.5, 0.6) is 0 Å². The monoisotopic (exact) mass is 222 g/mol. The molecule has 0 radical (unpaired) electrons. The third kappa shape index (κ3) is 2.07. The first-order valence-electron chi connectivity index (χ1n) is 6.74. The van der Waals surface area contributed by atoms with E-state index in [0.717, 1.165) is 6.42 Å². The minimum Gasteiger partial charge on any atom is -0.390 e. The molecule has 0 unspecified atom stereocenters. The largest absolute Gasteiger partial charge is 0.390 e. The Labute approximate surface area is 99.9 Å². The first kappa shape index (κ1) is 12.2. The normalized spacial score (nSPS) is 36.2. The van der Waals surface area contributed by atoms with E-state index in [9.17, 15) is 5.11 Å². The van der Waals surface area contributed by atoms with Gasteiger partial charge in [-0.2, -0.15) is 0 Å². The second kappa shape index (κ2) is 3.87. The van der Waals surface area contributed by atoms with Crippen molar-refractivity contribution >= 4 is 0 Å². The molecule has 1 fully saturated rings. The number of allylic oxidation sites excluding steroid dienone is 2. The van der Waals surface area contributed by atoms with E-state index in [1.54, 1.807) is 11.1 Å². The fourth-order valence-electron chi connectivity index (χ4n) is 3.70. The van der Waals surface area contributed by atoms with Gasteiger partial charge in [0.25, 0.3) is 0 Å². The lowest BCUT2D eigenvalue weighted by Gasteiger charge is -2.46. The van der Waals surface area contributed by atoms with Crippen LogP contribution in [0.4, 0.5) is 0 Å². The van der Waals surface area contributed by atoms with Crippen LogP contribution in [-0.4, -0.2) is 10.7 Å². The van der Waals surface area contributed by atoms with Crippen LogP contribution < -0.4 is 0 Å². The molecular formula is C15H26O. The van der Waals surface area contributed by atoms with Crippen molar-refractivity contribution in [3.63, 3.8) is 0 Å². The van der Waals surface area contributed by atoms with Gasteiger partial charge in [0.1, 0.15) is 0 Å². The van der Waals surface area contributed by atoms with Gasteiger partial charge in [-0.1, -0.05) is 18.1 Å². The number of fused-ring (bicyclic) bond motifs is 1. The van der Waals surface area contributed by atoms with Crippen LogP contribution in [0.3, 0.4) is 0 Å². The fourth-order valence-corrected chi connectivity index (χ4v) is 3.70. The molecule has 1 nitrogen and oxygen atoms in total. The van der Waals surface area contributed by atoms with E-state index >= 15 is 0 Å². The van der Waals surface area contributed by atoms with Crippen molar-refractivity contribution in [1.29, 1.82) is 0 Å². The maximum absolute atomic E-state index is 10.2. The van der Waals surface area contributed by atoms with Crippen LogP contribution >= 0.6 is 0 Å². The molecule has 2 aliphatic rings. The number of rotatable bonds is 1. The molecule has 0 heterocycles. The lowest BCUT2D eigenvalue weighted by atomic mass is 9.60. The maximum atomic E-state index is 10.2. The van der Waals surface area contributed by atoms with Crippen molar-refractivity contribution in [1.82, 2.24) is 0 Å². The fraction of sp³-hybridized carbons (Fsp3) is 0.867. The third-order valence-electron chi connectivity index (χ3n) is 5.02. The van der Waals surface area contributed by atoms with Crippen molar-refractivity contribution in [3.05, 3.63) is 11.1 Å². The predicted octanol–water partition coefficient (Wildman–Crippen LogP) is 4.06. The summed E-state index contributed by atoms with van der Waals surface area (Å²) in [6.07, 6.45) is 7.59. The van der Waals surface area contributed by atoms with Gasteiger partial charge in [0.05, 0.1) is 5.60 Å². The first-order valence-corrected chi connectivity index (χ1v) is 6.74. The quantitative estimate of drug-likeness (QED) is 0.663. The summed E-state index contributed by atoms with van der Waals surface area (Å²) in [5.74, 6) is 0.462. The van der Waals surface area contributed by atoms with E-state index in [-0.39, 0.29) is 0 Å². The standard InChI is InChI=1S/C15H26O/c1-11-6-5-8-15(4)9-7-12(10-13(11)15)14(2,3)16/h12,16H,5-10H2,1-4H3/t12-,15-/m1/s1. The van der Waals surface area contributed by atoms with E-state index in [4.69, 9.17) is 0 Å². The summed E-state index contributed by atoms with van der Waals surface area (Å²) in [6.45, 7) is 8.68. The smallest absolute Gasteiger partial charge is 0.0622 e. The highest BCUT2D eigenvalue weighted by Crippen LogP contribution is 2.52. The van der Waals surface area contributed by atoms with Crippen molar-refractivity contribution in [2.75, 3.05) is 0 Å². The molecule has 0 amide bonds. The van der Waals surface area contributed by atoms with E-state index in [1.807, 2.05) is 13.8 Å². The van der Waals surface area contributed by atoms with Crippen LogP contribution in [-0.2, 0) is 0 Å². The molecule has 1 saturated carbocycles. The molecule has 0 aromatic heterocycles. The lowest BCUT2D eigenvalue weighted by Crippen LogP contribution is -2.39. The molecule has 0 aromatic carbocycles. The summed E-state index contributed by atoms with van der Waals surface area (Å²) < 4.78 is 0. The SMILES string of the molecule is CC1=C2C[C@H](C(C)(C)O)CC[C@@]2(C)CCC1. The summed E-state index contributed by atoms with van der Waals surface area (Å²) in [6, 6.07) is 0. The highest BCUT2D eigenvalue weighted by molar-refractivity contribution is 5.26. The van der Waals surface area contributed by atoms with Crippen LogP contribution in [0.25, 0.3) is 0 Å². The van der Waals surface area contributed by atoms with Crippen molar-refractivity contribution in [2.45, 2.75) is 71.8 Å². The average molecular weight is 222 g/mol. The van der Waals surface area contributed by atoms with Crippen molar-refractivity contribution < 1.29 is 5.11 Å². The molecule has 0 spiro atoms. The van der Waals surface area contributed by atoms with Crippen LogP contribution in [0.2, 0.25) is 0 Å². The minimum absolute atomic E-state index is 0.462. The molecule has 2 aliphatic carbocycles. The molecule has 1 N–H and O–H groups in total. The molecule has 0 saturated heterocycles. The first-order chi connectivity index (χ1) is 7.33. The Morgan fingerprint density at radius 1 is 1.31 bits per heavy atom. The molecule has 0 aliphatic heterocycles. The highest BCUT2D eigenvalue weighted by atomic mass is 16.3. The Bertz CT molecular complexity index is 308. The summed E-state index contributed by atoms with van der Waals surface area (Å²) in [4.78, 5) is 0. The Hall–Kier alpha value is -0.300. The summed E-state index contributed by atoms with van der Waals surface area (Å²) in [5, 5.41) is 10.2. The number of hydrogen-bond acceptors (Lipinski definition) is 1. The Kier molecular flexibility index (Phi) is 2.94. The second-order valence-electron chi connectivity index (χ2n) is 6.77. The molecule has 0 aromatic rings. The molecule has 2 rings (SSSR count). The summed E-state index contributed by atoms with van der Waals surface area (Å²) in [5.41, 5.74) is 3.25. The van der Waals surface area contributed by atoms with Gasteiger partial charge >= 0.3 is 0 Å². The predicted molar refractivity (Wildman–Crippen MR) is 68.3 cm³/mol. The Morgan fingerprint density at radius 2 is 2.00 bits per heavy atom. The van der Waals surface area contributed by atoms with E-state index in [1.165, 1.54) is 32.1 Å². The van der Waals surface area contributed by atoms with Gasteiger partial charge in [0.15, 0.2) is 0 Å². The van der Waals surface area contributed by atoms with Gasteiger partial charge in [-0.05, 0) is 70.6 Å². The van der Waals surface area contributed by atoms with Crippen molar-refractivity contribution in [3.8, 4) is 0 Å². The zero-order chi connectivity index (χ0) is 12.0. The minimum atomic E-state index is -0.508. The van der Waals surface area contributed by atoms with Gasteiger partial charge in [0, 0.05) is 0 Å². The maximum Gasteiger partial charge on any atom is 0.0622 e. The van der Waals surface area contributed by atoms with Gasteiger partial charge in [-0.25, -0.2) is 0 Å². The third-order valence-corrected chi connectivity index (χ3v) is 5.02. The molecule has 92 valence electrons. The van der Waals surface area contributed by atoms with Gasteiger partial charge in [0.2, 0.25) is 0 Å². The molecule has 0 bridgehead atoms. The lowest BCUT2D eigenvalue weighted by molar-refractivity contribution is -0.00453. The van der Waals surface area contributed by atoms with Gasteiger partial charge < -0.3 is 5.11 Å². The zero-order valence-electron chi connectivity index (χ0n) is 11.3. The van der Waals surface area contributed by atoms with Gasteiger partial charge in [-0.15, -0.1) is 0 Å².